The molecule has 0 radical (unpaired) electrons. The van der Waals surface area contributed by atoms with E-state index < -0.39 is 23.2 Å². The van der Waals surface area contributed by atoms with E-state index in [0.29, 0.717) is 5.56 Å². The number of carboxylic acid groups (broad SMARTS) is 1. The SMILES string of the molecule is C[C@](N)(CCc1cccc(C(F)(F)F)c1)C(=O)O. The number of aliphatic carboxylic acids is 1. The Morgan fingerprint density at radius 2 is 2.00 bits per heavy atom. The highest BCUT2D eigenvalue weighted by Gasteiger charge is 2.31. The Labute approximate surface area is 102 Å². The molecule has 0 heterocycles. The average molecular weight is 261 g/mol. The van der Waals surface area contributed by atoms with Gasteiger partial charge in [0.1, 0.15) is 5.54 Å². The highest BCUT2D eigenvalue weighted by atomic mass is 19.4. The van der Waals surface area contributed by atoms with Crippen LogP contribution in [0.25, 0.3) is 0 Å². The minimum absolute atomic E-state index is 0.0731. The molecule has 0 spiro atoms. The van der Waals surface area contributed by atoms with E-state index in [1.54, 1.807) is 0 Å². The maximum atomic E-state index is 12.5. The lowest BCUT2D eigenvalue weighted by molar-refractivity contribution is -0.143. The van der Waals surface area contributed by atoms with Crippen molar-refractivity contribution < 1.29 is 23.1 Å². The Balaban J connectivity index is 2.78. The molecule has 0 saturated carbocycles. The van der Waals surface area contributed by atoms with Gasteiger partial charge in [-0.25, -0.2) is 0 Å². The van der Waals surface area contributed by atoms with Crippen LogP contribution in [0.4, 0.5) is 13.2 Å². The zero-order valence-corrected chi connectivity index (χ0v) is 9.79. The maximum Gasteiger partial charge on any atom is 0.416 e. The number of benzene rings is 1. The number of carbonyl (C=O) groups is 1. The molecule has 3 N–H and O–H groups in total. The van der Waals surface area contributed by atoms with Gasteiger partial charge in [0.2, 0.25) is 0 Å². The molecule has 0 amide bonds. The molecule has 18 heavy (non-hydrogen) atoms. The second kappa shape index (κ2) is 4.97. The molecule has 3 nitrogen and oxygen atoms in total. The Morgan fingerprint density at radius 3 is 2.50 bits per heavy atom. The first kappa shape index (κ1) is 14.5. The number of hydrogen-bond acceptors (Lipinski definition) is 2. The largest absolute Gasteiger partial charge is 0.480 e. The Bertz CT molecular complexity index is 441. The molecule has 0 fully saturated rings. The van der Waals surface area contributed by atoms with E-state index in [0.717, 1.165) is 12.1 Å². The number of carboxylic acids is 1. The number of aryl methyl sites for hydroxylation is 1. The summed E-state index contributed by atoms with van der Waals surface area (Å²) in [4.78, 5) is 10.8. The molecule has 0 saturated heterocycles. The van der Waals surface area contributed by atoms with E-state index in [4.69, 9.17) is 10.8 Å². The predicted octanol–water partition coefficient (Wildman–Crippen LogP) is 2.44. The molecule has 6 heteroatoms. The van der Waals surface area contributed by atoms with Crippen LogP contribution in [0.15, 0.2) is 24.3 Å². The number of halogens is 3. The van der Waals surface area contributed by atoms with Gasteiger partial charge in [-0.15, -0.1) is 0 Å². The molecule has 100 valence electrons. The van der Waals surface area contributed by atoms with Gasteiger partial charge < -0.3 is 10.8 Å². The third-order valence-electron chi connectivity index (χ3n) is 2.68. The van der Waals surface area contributed by atoms with Gasteiger partial charge in [-0.1, -0.05) is 18.2 Å². The Kier molecular flexibility index (Phi) is 4.01. The second-order valence-corrected chi connectivity index (χ2v) is 4.42. The van der Waals surface area contributed by atoms with Gasteiger partial charge >= 0.3 is 12.1 Å². The van der Waals surface area contributed by atoms with Crippen molar-refractivity contribution in [1.29, 1.82) is 0 Å². The van der Waals surface area contributed by atoms with Crippen molar-refractivity contribution in [3.8, 4) is 0 Å². The number of nitrogens with two attached hydrogens (primary N) is 1. The van der Waals surface area contributed by atoms with Crippen LogP contribution in [-0.2, 0) is 17.4 Å². The van der Waals surface area contributed by atoms with Crippen LogP contribution < -0.4 is 5.73 Å². The predicted molar refractivity (Wildman–Crippen MR) is 60.0 cm³/mol. The van der Waals surface area contributed by atoms with Gasteiger partial charge in [0.15, 0.2) is 0 Å². The number of alkyl halides is 3. The van der Waals surface area contributed by atoms with E-state index >= 15 is 0 Å². The van der Waals surface area contributed by atoms with Crippen molar-refractivity contribution >= 4 is 5.97 Å². The molecular formula is C12H14F3NO2. The number of hydrogen-bond donors (Lipinski definition) is 2. The summed E-state index contributed by atoms with van der Waals surface area (Å²) in [5.41, 5.74) is 3.75. The van der Waals surface area contributed by atoms with Crippen LogP contribution in [0.1, 0.15) is 24.5 Å². The number of rotatable bonds is 4. The normalized spacial score (nSPS) is 15.2. The van der Waals surface area contributed by atoms with Crippen LogP contribution in [0.2, 0.25) is 0 Å². The zero-order chi connectivity index (χ0) is 14.0. The summed E-state index contributed by atoms with van der Waals surface area (Å²) < 4.78 is 37.4. The first-order valence-corrected chi connectivity index (χ1v) is 5.31. The average Bonchev–Trinajstić information content (AvgIpc) is 2.25. The summed E-state index contributed by atoms with van der Waals surface area (Å²) in [5, 5.41) is 8.80. The van der Waals surface area contributed by atoms with Gasteiger partial charge in [0, 0.05) is 0 Å². The Hall–Kier alpha value is -1.56. The quantitative estimate of drug-likeness (QED) is 0.875. The smallest absolute Gasteiger partial charge is 0.416 e. The van der Waals surface area contributed by atoms with Crippen molar-refractivity contribution in [2.45, 2.75) is 31.5 Å². The molecule has 0 aromatic heterocycles. The van der Waals surface area contributed by atoms with E-state index in [1.807, 2.05) is 0 Å². The summed E-state index contributed by atoms with van der Waals surface area (Å²) in [7, 11) is 0. The molecule has 0 bridgehead atoms. The second-order valence-electron chi connectivity index (χ2n) is 4.42. The fourth-order valence-corrected chi connectivity index (χ4v) is 1.41. The third-order valence-corrected chi connectivity index (χ3v) is 2.68. The molecular weight excluding hydrogens is 247 g/mol. The lowest BCUT2D eigenvalue weighted by Crippen LogP contribution is -2.45. The summed E-state index contributed by atoms with van der Waals surface area (Å²) >= 11 is 0. The summed E-state index contributed by atoms with van der Waals surface area (Å²) in [6, 6.07) is 4.81. The lowest BCUT2D eigenvalue weighted by Gasteiger charge is -2.19. The minimum atomic E-state index is -4.39. The van der Waals surface area contributed by atoms with Crippen LogP contribution in [-0.4, -0.2) is 16.6 Å². The summed E-state index contributed by atoms with van der Waals surface area (Å²) in [6.45, 7) is 1.34. The van der Waals surface area contributed by atoms with Gasteiger partial charge in [0.05, 0.1) is 5.56 Å². The van der Waals surface area contributed by atoms with Crippen molar-refractivity contribution in [3.63, 3.8) is 0 Å². The molecule has 1 rings (SSSR count). The topological polar surface area (TPSA) is 63.3 Å². The van der Waals surface area contributed by atoms with Gasteiger partial charge in [0.25, 0.3) is 0 Å². The lowest BCUT2D eigenvalue weighted by atomic mass is 9.94. The van der Waals surface area contributed by atoms with Crippen molar-refractivity contribution in [2.75, 3.05) is 0 Å². The van der Waals surface area contributed by atoms with Crippen molar-refractivity contribution in [2.24, 2.45) is 5.73 Å². The zero-order valence-electron chi connectivity index (χ0n) is 9.79. The standard InChI is InChI=1S/C12H14F3NO2/c1-11(16,10(17)18)6-5-8-3-2-4-9(7-8)12(13,14)15/h2-4,7H,5-6,16H2,1H3,(H,17,18)/t11-/m0/s1. The fourth-order valence-electron chi connectivity index (χ4n) is 1.41. The first-order chi connectivity index (χ1) is 8.13. The van der Waals surface area contributed by atoms with Crippen LogP contribution >= 0.6 is 0 Å². The molecule has 0 unspecified atom stereocenters. The molecule has 0 aliphatic carbocycles. The highest BCUT2D eigenvalue weighted by molar-refractivity contribution is 5.77. The van der Waals surface area contributed by atoms with Crippen LogP contribution in [0.3, 0.4) is 0 Å². The third kappa shape index (κ3) is 3.73. The van der Waals surface area contributed by atoms with Crippen molar-refractivity contribution in [3.05, 3.63) is 35.4 Å². The minimum Gasteiger partial charge on any atom is -0.480 e. The van der Waals surface area contributed by atoms with E-state index in [9.17, 15) is 18.0 Å². The molecule has 0 aliphatic heterocycles. The monoisotopic (exact) mass is 261 g/mol. The summed E-state index contributed by atoms with van der Waals surface area (Å²) in [6.07, 6.45) is -4.14. The van der Waals surface area contributed by atoms with E-state index in [1.165, 1.54) is 19.1 Å². The highest BCUT2D eigenvalue weighted by Crippen LogP contribution is 2.29. The van der Waals surface area contributed by atoms with Gasteiger partial charge in [-0.05, 0) is 31.4 Å². The molecule has 0 aliphatic rings. The Morgan fingerprint density at radius 1 is 1.39 bits per heavy atom. The van der Waals surface area contributed by atoms with E-state index in [2.05, 4.69) is 0 Å². The van der Waals surface area contributed by atoms with Crippen LogP contribution in [0, 0.1) is 0 Å². The molecule has 1 atom stereocenters. The fraction of sp³-hybridized carbons (Fsp3) is 0.417. The van der Waals surface area contributed by atoms with Crippen LogP contribution in [0.5, 0.6) is 0 Å². The van der Waals surface area contributed by atoms with E-state index in [-0.39, 0.29) is 12.8 Å². The van der Waals surface area contributed by atoms with Gasteiger partial charge in [-0.2, -0.15) is 13.2 Å². The molecule has 1 aromatic carbocycles. The van der Waals surface area contributed by atoms with Gasteiger partial charge in [-0.3, -0.25) is 4.79 Å². The van der Waals surface area contributed by atoms with Crippen molar-refractivity contribution in [1.82, 2.24) is 0 Å². The molecule has 1 aromatic rings. The summed E-state index contributed by atoms with van der Waals surface area (Å²) in [5.74, 6) is -1.17. The maximum absolute atomic E-state index is 12.5. The first-order valence-electron chi connectivity index (χ1n) is 5.31.